The van der Waals surface area contributed by atoms with Crippen LogP contribution in [0.5, 0.6) is 0 Å². The zero-order chi connectivity index (χ0) is 18.0. The molecular formula is C17H21F3N2O2. The number of hydrogen-bond donors (Lipinski definition) is 1. The highest BCUT2D eigenvalue weighted by atomic mass is 19.4. The second-order valence-electron chi connectivity index (χ2n) is 6.10. The summed E-state index contributed by atoms with van der Waals surface area (Å²) in [6.45, 7) is 3.68. The maximum atomic E-state index is 12.8. The molecule has 1 aliphatic heterocycles. The first kappa shape index (κ1) is 18.3. The van der Waals surface area contributed by atoms with Crippen LogP contribution in [-0.2, 0) is 17.5 Å². The van der Waals surface area contributed by atoms with Crippen LogP contribution in [0.1, 0.15) is 50.7 Å². The minimum atomic E-state index is -4.46. The van der Waals surface area contributed by atoms with Gasteiger partial charge in [0.1, 0.15) is 5.54 Å². The van der Waals surface area contributed by atoms with Gasteiger partial charge in [-0.1, -0.05) is 38.8 Å². The van der Waals surface area contributed by atoms with Crippen LogP contribution in [0.25, 0.3) is 0 Å². The summed E-state index contributed by atoms with van der Waals surface area (Å²) >= 11 is 0. The number of nitrogens with one attached hydrogen (secondary N) is 1. The van der Waals surface area contributed by atoms with E-state index in [1.165, 1.54) is 12.1 Å². The van der Waals surface area contributed by atoms with Crippen molar-refractivity contribution in [3.63, 3.8) is 0 Å². The Morgan fingerprint density at radius 3 is 2.29 bits per heavy atom. The number of halogens is 3. The molecule has 0 bridgehead atoms. The van der Waals surface area contributed by atoms with E-state index >= 15 is 0 Å². The number of rotatable bonds is 6. The lowest BCUT2D eigenvalue weighted by Crippen LogP contribution is -2.46. The van der Waals surface area contributed by atoms with Crippen LogP contribution in [0.3, 0.4) is 0 Å². The fourth-order valence-corrected chi connectivity index (χ4v) is 3.17. The minimum Gasteiger partial charge on any atom is -0.323 e. The summed E-state index contributed by atoms with van der Waals surface area (Å²) in [4.78, 5) is 25.9. The van der Waals surface area contributed by atoms with Crippen LogP contribution in [0.2, 0.25) is 0 Å². The number of nitrogens with zero attached hydrogens (tertiary/aromatic N) is 1. The van der Waals surface area contributed by atoms with Crippen molar-refractivity contribution in [3.8, 4) is 0 Å². The van der Waals surface area contributed by atoms with Crippen molar-refractivity contribution >= 4 is 11.9 Å². The van der Waals surface area contributed by atoms with Gasteiger partial charge >= 0.3 is 12.2 Å². The van der Waals surface area contributed by atoms with Crippen molar-refractivity contribution < 1.29 is 22.8 Å². The Labute approximate surface area is 139 Å². The number of urea groups is 1. The van der Waals surface area contributed by atoms with Crippen LogP contribution in [0.15, 0.2) is 24.3 Å². The summed E-state index contributed by atoms with van der Waals surface area (Å²) in [7, 11) is 0. The van der Waals surface area contributed by atoms with Crippen molar-refractivity contribution in [2.24, 2.45) is 0 Å². The van der Waals surface area contributed by atoms with E-state index < -0.39 is 23.3 Å². The Kier molecular flexibility index (Phi) is 5.20. The van der Waals surface area contributed by atoms with E-state index in [0.29, 0.717) is 12.8 Å². The highest BCUT2D eigenvalue weighted by Gasteiger charge is 2.49. The van der Waals surface area contributed by atoms with Crippen LogP contribution in [-0.4, -0.2) is 22.4 Å². The Morgan fingerprint density at radius 2 is 1.75 bits per heavy atom. The molecule has 0 saturated carbocycles. The second-order valence-corrected chi connectivity index (χ2v) is 6.10. The molecule has 2 rings (SSSR count). The molecule has 132 valence electrons. The Morgan fingerprint density at radius 1 is 1.12 bits per heavy atom. The molecule has 1 N–H and O–H groups in total. The molecule has 0 spiro atoms. The Bertz CT molecular complexity index is 623. The van der Waals surface area contributed by atoms with E-state index in [9.17, 15) is 22.8 Å². The zero-order valence-electron chi connectivity index (χ0n) is 13.7. The van der Waals surface area contributed by atoms with E-state index in [4.69, 9.17) is 0 Å². The average molecular weight is 342 g/mol. The predicted octanol–water partition coefficient (Wildman–Crippen LogP) is 4.10. The van der Waals surface area contributed by atoms with Crippen molar-refractivity contribution in [1.29, 1.82) is 0 Å². The van der Waals surface area contributed by atoms with Crippen LogP contribution in [0.4, 0.5) is 18.0 Å². The SMILES string of the molecule is CCCC1(CCC)NC(=O)N(Cc2cccc(C(F)(F)F)c2)C1=O. The molecule has 0 aromatic heterocycles. The highest BCUT2D eigenvalue weighted by molar-refractivity contribution is 6.06. The summed E-state index contributed by atoms with van der Waals surface area (Å²) in [5, 5.41) is 2.75. The van der Waals surface area contributed by atoms with Gasteiger partial charge in [-0.25, -0.2) is 4.79 Å². The Hall–Kier alpha value is -2.05. The fourth-order valence-electron chi connectivity index (χ4n) is 3.17. The molecule has 1 fully saturated rings. The predicted molar refractivity (Wildman–Crippen MR) is 83.1 cm³/mol. The van der Waals surface area contributed by atoms with Crippen LogP contribution < -0.4 is 5.32 Å². The summed E-state index contributed by atoms with van der Waals surface area (Å²) in [6, 6.07) is 4.16. The van der Waals surface area contributed by atoms with Gasteiger partial charge in [0.25, 0.3) is 5.91 Å². The average Bonchev–Trinajstić information content (AvgIpc) is 2.72. The molecule has 1 aromatic carbocycles. The minimum absolute atomic E-state index is 0.163. The van der Waals surface area contributed by atoms with Gasteiger partial charge in [0, 0.05) is 0 Å². The van der Waals surface area contributed by atoms with Crippen LogP contribution in [0, 0.1) is 0 Å². The number of amides is 3. The maximum Gasteiger partial charge on any atom is 0.416 e. The molecule has 24 heavy (non-hydrogen) atoms. The van der Waals surface area contributed by atoms with Gasteiger partial charge in [-0.2, -0.15) is 13.2 Å². The number of alkyl halides is 3. The van der Waals surface area contributed by atoms with Gasteiger partial charge in [-0.05, 0) is 30.5 Å². The van der Waals surface area contributed by atoms with Crippen LogP contribution >= 0.6 is 0 Å². The van der Waals surface area contributed by atoms with Crippen molar-refractivity contribution in [2.45, 2.75) is 57.8 Å². The summed E-state index contributed by atoms with van der Waals surface area (Å²) < 4.78 is 38.4. The molecule has 7 heteroatoms. The highest BCUT2D eigenvalue weighted by Crippen LogP contribution is 2.32. The fraction of sp³-hybridized carbons (Fsp3) is 0.529. The smallest absolute Gasteiger partial charge is 0.323 e. The lowest BCUT2D eigenvalue weighted by Gasteiger charge is -2.25. The topological polar surface area (TPSA) is 49.4 Å². The molecule has 1 heterocycles. The number of imide groups is 1. The van der Waals surface area contributed by atoms with E-state index in [2.05, 4.69) is 5.32 Å². The number of hydrogen-bond acceptors (Lipinski definition) is 2. The molecule has 0 unspecified atom stereocenters. The summed E-state index contributed by atoms with van der Waals surface area (Å²) in [6.07, 6.45) is -1.97. The van der Waals surface area contributed by atoms with Gasteiger partial charge in [0.15, 0.2) is 0 Å². The zero-order valence-corrected chi connectivity index (χ0v) is 13.7. The van der Waals surface area contributed by atoms with E-state index in [1.807, 2.05) is 13.8 Å². The molecule has 1 aliphatic rings. The maximum absolute atomic E-state index is 12.8. The molecule has 0 radical (unpaired) electrons. The third-order valence-corrected chi connectivity index (χ3v) is 4.19. The standard InChI is InChI=1S/C17H21F3N2O2/c1-3-8-16(9-4-2)14(23)22(15(24)21-16)11-12-6-5-7-13(10-12)17(18,19)20/h5-7,10H,3-4,8-9,11H2,1-2H3,(H,21,24). The number of carbonyl (C=O) groups is 2. The third kappa shape index (κ3) is 3.55. The molecule has 1 aromatic rings. The lowest BCUT2D eigenvalue weighted by molar-refractivity contribution is -0.137. The Balaban J connectivity index is 2.24. The first-order valence-corrected chi connectivity index (χ1v) is 8.03. The molecule has 1 saturated heterocycles. The van der Waals surface area contributed by atoms with Gasteiger partial charge < -0.3 is 5.32 Å². The van der Waals surface area contributed by atoms with E-state index in [-0.39, 0.29) is 18.0 Å². The summed E-state index contributed by atoms with van der Waals surface area (Å²) in [5.74, 6) is -0.353. The molecule has 4 nitrogen and oxygen atoms in total. The molecule has 3 amide bonds. The first-order chi connectivity index (χ1) is 11.2. The molecule has 0 aliphatic carbocycles. The van der Waals surface area contributed by atoms with E-state index in [1.54, 1.807) is 0 Å². The normalized spacial score (nSPS) is 17.3. The van der Waals surface area contributed by atoms with Crippen molar-refractivity contribution in [1.82, 2.24) is 10.2 Å². The summed E-state index contributed by atoms with van der Waals surface area (Å²) in [5.41, 5.74) is -1.44. The molecule has 0 atom stereocenters. The van der Waals surface area contributed by atoms with Crippen molar-refractivity contribution in [3.05, 3.63) is 35.4 Å². The second kappa shape index (κ2) is 6.83. The largest absolute Gasteiger partial charge is 0.416 e. The van der Waals surface area contributed by atoms with Gasteiger partial charge in [0.05, 0.1) is 12.1 Å². The lowest BCUT2D eigenvalue weighted by atomic mass is 9.88. The van der Waals surface area contributed by atoms with Crippen molar-refractivity contribution in [2.75, 3.05) is 0 Å². The number of carbonyl (C=O) groups excluding carboxylic acids is 2. The van der Waals surface area contributed by atoms with E-state index in [0.717, 1.165) is 29.9 Å². The molecular weight excluding hydrogens is 321 g/mol. The van der Waals surface area contributed by atoms with Gasteiger partial charge in [0.2, 0.25) is 0 Å². The quantitative estimate of drug-likeness (QED) is 0.792. The first-order valence-electron chi connectivity index (χ1n) is 8.03. The van der Waals surface area contributed by atoms with Gasteiger partial charge in [-0.15, -0.1) is 0 Å². The van der Waals surface area contributed by atoms with Gasteiger partial charge in [-0.3, -0.25) is 9.69 Å². The number of benzene rings is 1. The monoisotopic (exact) mass is 342 g/mol. The third-order valence-electron chi connectivity index (χ3n) is 4.19.